The van der Waals surface area contributed by atoms with Crippen LogP contribution in [-0.2, 0) is 14.3 Å². The molecule has 0 saturated heterocycles. The van der Waals surface area contributed by atoms with Crippen LogP contribution < -0.4 is 0 Å². The third kappa shape index (κ3) is 1.94. The number of Topliss-reactive ketones (excluding diaryl/α,β-unsaturated/α-hetero) is 1. The number of allylic oxidation sites excluding steroid dienone is 2. The molecule has 1 rings (SSSR count). The number of hydrogen-bond donors (Lipinski definition) is 0. The monoisotopic (exact) mass is 168 g/mol. The van der Waals surface area contributed by atoms with Gasteiger partial charge in [-0.1, -0.05) is 0 Å². The van der Waals surface area contributed by atoms with Crippen molar-refractivity contribution in [3.05, 3.63) is 11.3 Å². The van der Waals surface area contributed by atoms with Crippen molar-refractivity contribution in [3.8, 4) is 0 Å². The van der Waals surface area contributed by atoms with Gasteiger partial charge in [0.25, 0.3) is 0 Å². The molecule has 3 heteroatoms. The second-order valence-corrected chi connectivity index (χ2v) is 2.92. The summed E-state index contributed by atoms with van der Waals surface area (Å²) in [6.07, 6.45) is 2.08. The molecule has 12 heavy (non-hydrogen) atoms. The Balaban J connectivity index is 2.78. The predicted molar refractivity (Wildman–Crippen MR) is 43.3 cm³/mol. The third-order valence-corrected chi connectivity index (χ3v) is 1.91. The van der Waals surface area contributed by atoms with Gasteiger partial charge in [-0.15, -0.1) is 0 Å². The first kappa shape index (κ1) is 8.97. The first-order valence-electron chi connectivity index (χ1n) is 4.02. The highest BCUT2D eigenvalue weighted by molar-refractivity contribution is 5.96. The van der Waals surface area contributed by atoms with Crippen molar-refractivity contribution < 1.29 is 14.3 Å². The van der Waals surface area contributed by atoms with Crippen LogP contribution in [0.15, 0.2) is 11.3 Å². The molecule has 0 aromatic heterocycles. The van der Waals surface area contributed by atoms with Crippen molar-refractivity contribution in [2.45, 2.75) is 33.1 Å². The number of esters is 1. The molecule has 0 bridgehead atoms. The molecule has 3 nitrogen and oxygen atoms in total. The largest absolute Gasteiger partial charge is 0.431 e. The molecule has 66 valence electrons. The maximum Gasteiger partial charge on any atom is 0.307 e. The minimum atomic E-state index is -0.348. The van der Waals surface area contributed by atoms with E-state index in [1.807, 2.05) is 0 Å². The second-order valence-electron chi connectivity index (χ2n) is 2.92. The summed E-state index contributed by atoms with van der Waals surface area (Å²) in [4.78, 5) is 21.7. The Morgan fingerprint density at radius 2 is 2.08 bits per heavy atom. The Morgan fingerprint density at radius 1 is 1.42 bits per heavy atom. The number of hydrogen-bond acceptors (Lipinski definition) is 3. The van der Waals surface area contributed by atoms with Gasteiger partial charge in [0.15, 0.2) is 5.78 Å². The third-order valence-electron chi connectivity index (χ3n) is 1.91. The minimum absolute atomic E-state index is 0.0949. The number of carbonyl (C=O) groups excluding carboxylic acids is 2. The Bertz CT molecular complexity index is 250. The van der Waals surface area contributed by atoms with Crippen LogP contribution in [0.3, 0.4) is 0 Å². The normalized spacial score (nSPS) is 18.0. The number of carbonyl (C=O) groups is 2. The Hall–Kier alpha value is -1.12. The lowest BCUT2D eigenvalue weighted by molar-refractivity contribution is -0.137. The first-order chi connectivity index (χ1) is 5.61. The molecule has 0 aromatic rings. The molecule has 0 unspecified atom stereocenters. The van der Waals surface area contributed by atoms with Crippen LogP contribution >= 0.6 is 0 Å². The average molecular weight is 168 g/mol. The van der Waals surface area contributed by atoms with Gasteiger partial charge in [-0.2, -0.15) is 0 Å². The molecule has 0 aromatic carbocycles. The van der Waals surface area contributed by atoms with Crippen LogP contribution in [-0.4, -0.2) is 11.8 Å². The maximum absolute atomic E-state index is 11.1. The fourth-order valence-corrected chi connectivity index (χ4v) is 1.24. The summed E-state index contributed by atoms with van der Waals surface area (Å²) in [5.74, 6) is 0.301. The lowest BCUT2D eigenvalue weighted by Crippen LogP contribution is -2.12. The summed E-state index contributed by atoms with van der Waals surface area (Å²) in [6, 6.07) is 0. The van der Waals surface area contributed by atoms with E-state index in [9.17, 15) is 9.59 Å². The molecule has 0 fully saturated rings. The van der Waals surface area contributed by atoms with Crippen molar-refractivity contribution in [1.29, 1.82) is 0 Å². The van der Waals surface area contributed by atoms with Crippen LogP contribution in [0.2, 0.25) is 0 Å². The highest BCUT2D eigenvalue weighted by Gasteiger charge is 2.18. The van der Waals surface area contributed by atoms with E-state index in [-0.39, 0.29) is 11.8 Å². The van der Waals surface area contributed by atoms with Crippen molar-refractivity contribution in [2.24, 2.45) is 0 Å². The van der Waals surface area contributed by atoms with E-state index in [4.69, 9.17) is 4.74 Å². The molecule has 0 atom stereocenters. The van der Waals surface area contributed by atoms with Gasteiger partial charge in [-0.3, -0.25) is 9.59 Å². The Morgan fingerprint density at radius 3 is 2.67 bits per heavy atom. The van der Waals surface area contributed by atoms with Gasteiger partial charge in [-0.25, -0.2) is 0 Å². The minimum Gasteiger partial charge on any atom is -0.431 e. The van der Waals surface area contributed by atoms with Gasteiger partial charge in [0.2, 0.25) is 0 Å². The van der Waals surface area contributed by atoms with Crippen molar-refractivity contribution >= 4 is 11.8 Å². The first-order valence-corrected chi connectivity index (χ1v) is 4.02. The van der Waals surface area contributed by atoms with Gasteiger partial charge in [0.1, 0.15) is 5.76 Å². The van der Waals surface area contributed by atoms with E-state index >= 15 is 0 Å². The molecule has 1 aliphatic rings. The average Bonchev–Trinajstić information content (AvgIpc) is 1.98. The molecule has 1 aliphatic carbocycles. The summed E-state index contributed by atoms with van der Waals surface area (Å²) in [5, 5.41) is 0. The van der Waals surface area contributed by atoms with Crippen LogP contribution in [0, 0.1) is 0 Å². The van der Waals surface area contributed by atoms with E-state index in [1.54, 1.807) is 6.92 Å². The zero-order chi connectivity index (χ0) is 9.14. The van der Waals surface area contributed by atoms with E-state index < -0.39 is 0 Å². The van der Waals surface area contributed by atoms with Gasteiger partial charge in [-0.05, 0) is 13.3 Å². The van der Waals surface area contributed by atoms with Crippen LogP contribution in [0.1, 0.15) is 33.1 Å². The quantitative estimate of drug-likeness (QED) is 0.558. The molecular weight excluding hydrogens is 156 g/mol. The SMILES string of the molecule is CC(=O)OC1=C(C)C(=O)CCC1. The zero-order valence-corrected chi connectivity index (χ0v) is 7.35. The second kappa shape index (κ2) is 3.52. The number of ether oxygens (including phenoxy) is 1. The zero-order valence-electron chi connectivity index (χ0n) is 7.35. The van der Waals surface area contributed by atoms with E-state index in [2.05, 4.69) is 0 Å². The van der Waals surface area contributed by atoms with Gasteiger partial charge >= 0.3 is 5.97 Å². The van der Waals surface area contributed by atoms with Gasteiger partial charge in [0, 0.05) is 25.3 Å². The van der Waals surface area contributed by atoms with E-state index in [0.717, 1.165) is 6.42 Å². The predicted octanol–water partition coefficient (Wildman–Crippen LogP) is 1.58. The molecule has 0 amide bonds. The fourth-order valence-electron chi connectivity index (χ4n) is 1.24. The van der Waals surface area contributed by atoms with Crippen LogP contribution in [0.5, 0.6) is 0 Å². The van der Waals surface area contributed by atoms with Crippen molar-refractivity contribution in [3.63, 3.8) is 0 Å². The summed E-state index contributed by atoms with van der Waals surface area (Å²) >= 11 is 0. The van der Waals surface area contributed by atoms with E-state index in [1.165, 1.54) is 6.92 Å². The summed E-state index contributed by atoms with van der Waals surface area (Å²) in [5.41, 5.74) is 0.608. The molecule has 0 saturated carbocycles. The molecule has 0 N–H and O–H groups in total. The van der Waals surface area contributed by atoms with Crippen LogP contribution in [0.25, 0.3) is 0 Å². The smallest absolute Gasteiger partial charge is 0.307 e. The van der Waals surface area contributed by atoms with Crippen molar-refractivity contribution in [1.82, 2.24) is 0 Å². The number of rotatable bonds is 1. The highest BCUT2D eigenvalue weighted by atomic mass is 16.5. The highest BCUT2D eigenvalue weighted by Crippen LogP contribution is 2.22. The Kier molecular flexibility index (Phi) is 2.63. The fraction of sp³-hybridized carbons (Fsp3) is 0.556. The molecule has 0 aliphatic heterocycles. The van der Waals surface area contributed by atoms with E-state index in [0.29, 0.717) is 24.2 Å². The lowest BCUT2D eigenvalue weighted by Gasteiger charge is -2.15. The summed E-state index contributed by atoms with van der Waals surface area (Å²) < 4.78 is 4.89. The number of ketones is 1. The van der Waals surface area contributed by atoms with Gasteiger partial charge in [0.05, 0.1) is 0 Å². The van der Waals surface area contributed by atoms with Crippen molar-refractivity contribution in [2.75, 3.05) is 0 Å². The van der Waals surface area contributed by atoms with Gasteiger partial charge < -0.3 is 4.74 Å². The molecule has 0 spiro atoms. The maximum atomic E-state index is 11.1. The standard InChI is InChI=1S/C9H12O3/c1-6-8(11)4-3-5-9(6)12-7(2)10/h3-5H2,1-2H3. The molecule has 0 heterocycles. The molecule has 0 radical (unpaired) electrons. The van der Waals surface area contributed by atoms with Crippen LogP contribution in [0.4, 0.5) is 0 Å². The topological polar surface area (TPSA) is 43.4 Å². The molecular formula is C9H12O3. The lowest BCUT2D eigenvalue weighted by atomic mass is 9.98. The summed E-state index contributed by atoms with van der Waals surface area (Å²) in [7, 11) is 0. The Labute approximate surface area is 71.4 Å². The summed E-state index contributed by atoms with van der Waals surface area (Å²) in [6.45, 7) is 3.05.